The van der Waals surface area contributed by atoms with E-state index < -0.39 is 0 Å². The van der Waals surface area contributed by atoms with Gasteiger partial charge >= 0.3 is 0 Å². The molecule has 4 aliphatic carbocycles. The maximum absolute atomic E-state index is 13.2. The van der Waals surface area contributed by atoms with Gasteiger partial charge in [-0.1, -0.05) is 6.07 Å². The van der Waals surface area contributed by atoms with Crippen LogP contribution < -0.4 is 11.1 Å². The average Bonchev–Trinajstić information content (AvgIpc) is 3.43. The first-order chi connectivity index (χ1) is 15.0. The zero-order chi connectivity index (χ0) is 20.8. The minimum atomic E-state index is -0.00141. The molecule has 5 unspecified atom stereocenters. The lowest BCUT2D eigenvalue weighted by Gasteiger charge is -2.49. The number of hydrogen-bond acceptors (Lipinski definition) is 4. The van der Waals surface area contributed by atoms with E-state index in [2.05, 4.69) is 15.4 Å². The fourth-order valence-corrected chi connectivity index (χ4v) is 8.06. The largest absolute Gasteiger partial charge is 0.382 e. The third-order valence-corrected chi connectivity index (χ3v) is 8.97. The number of anilines is 1. The molecule has 3 aromatic heterocycles. The van der Waals surface area contributed by atoms with Crippen molar-refractivity contribution in [3.63, 3.8) is 0 Å². The third kappa shape index (κ3) is 2.49. The number of imidazole rings is 1. The highest BCUT2D eigenvalue weighted by Gasteiger charge is 2.70. The van der Waals surface area contributed by atoms with Gasteiger partial charge in [0.25, 0.3) is 5.91 Å². The Hall–Kier alpha value is -2.83. The van der Waals surface area contributed by atoms with Crippen molar-refractivity contribution in [1.29, 1.82) is 0 Å². The molecule has 7 nitrogen and oxygen atoms in total. The van der Waals surface area contributed by atoms with Crippen molar-refractivity contribution in [2.45, 2.75) is 45.1 Å². The molecule has 7 heteroatoms. The molecule has 1 amide bonds. The maximum atomic E-state index is 13.2. The van der Waals surface area contributed by atoms with Crippen LogP contribution in [0.1, 0.15) is 54.7 Å². The normalized spacial score (nSPS) is 34.8. The summed E-state index contributed by atoms with van der Waals surface area (Å²) in [6.07, 6.45) is 12.1. The molecule has 0 aromatic carbocycles. The van der Waals surface area contributed by atoms with Gasteiger partial charge < -0.3 is 11.1 Å². The van der Waals surface area contributed by atoms with Crippen LogP contribution in [0, 0.1) is 28.6 Å². The van der Waals surface area contributed by atoms with E-state index in [0.717, 1.165) is 35.6 Å². The molecule has 7 rings (SSSR count). The van der Waals surface area contributed by atoms with E-state index in [1.54, 1.807) is 10.7 Å². The van der Waals surface area contributed by atoms with Crippen molar-refractivity contribution in [3.8, 4) is 0 Å². The number of carbonyl (C=O) groups excluding carboxylic acids is 1. The number of rotatable bonds is 5. The van der Waals surface area contributed by atoms with Gasteiger partial charge in [0.2, 0.25) is 0 Å². The molecule has 31 heavy (non-hydrogen) atoms. The topological polar surface area (TPSA) is 90.2 Å². The number of nitrogens with two attached hydrogens (primary N) is 1. The van der Waals surface area contributed by atoms with Crippen LogP contribution >= 0.6 is 0 Å². The van der Waals surface area contributed by atoms with Gasteiger partial charge in [-0.2, -0.15) is 5.10 Å². The zero-order valence-electron chi connectivity index (χ0n) is 17.6. The SMILES string of the molecule is Nc1ccn(Cc2cn3c(C(=O)NCC45CC6CC7CC(C4)C7(C6)C5)cccc3n2)n1. The van der Waals surface area contributed by atoms with Crippen molar-refractivity contribution in [1.82, 2.24) is 24.5 Å². The van der Waals surface area contributed by atoms with E-state index in [9.17, 15) is 4.79 Å². The van der Waals surface area contributed by atoms with Gasteiger partial charge in [0.1, 0.15) is 17.2 Å². The maximum Gasteiger partial charge on any atom is 0.268 e. The van der Waals surface area contributed by atoms with Crippen LogP contribution in [0.5, 0.6) is 0 Å². The standard InChI is InChI=1S/C24H28N6O/c25-20-4-5-29(28-20)11-18-12-30-19(2-1-3-21(30)27-18)22(31)26-14-23-8-15-6-16-7-17(10-23)24(16,9-15)13-23/h1-5,12,15-17H,6-11,13-14H2,(H2,25,28)(H,26,31). The quantitative estimate of drug-likeness (QED) is 0.669. The van der Waals surface area contributed by atoms with Crippen LogP contribution in [0.2, 0.25) is 0 Å². The van der Waals surface area contributed by atoms with Crippen molar-refractivity contribution < 1.29 is 4.79 Å². The number of hydrogen-bond donors (Lipinski definition) is 2. The van der Waals surface area contributed by atoms with Gasteiger partial charge in [-0.15, -0.1) is 0 Å². The number of amides is 1. The van der Waals surface area contributed by atoms with E-state index in [1.807, 2.05) is 35.0 Å². The van der Waals surface area contributed by atoms with Crippen molar-refractivity contribution >= 4 is 17.4 Å². The van der Waals surface area contributed by atoms with Crippen LogP contribution in [0.25, 0.3) is 5.65 Å². The Morgan fingerprint density at radius 3 is 3.00 bits per heavy atom. The number of nitrogen functional groups attached to an aromatic ring is 1. The minimum Gasteiger partial charge on any atom is -0.382 e. The summed E-state index contributed by atoms with van der Waals surface area (Å²) < 4.78 is 3.65. The van der Waals surface area contributed by atoms with E-state index in [0.29, 0.717) is 28.9 Å². The first kappa shape index (κ1) is 17.8. The average molecular weight is 417 g/mol. The lowest BCUT2D eigenvalue weighted by atomic mass is 9.55. The molecule has 4 fully saturated rings. The highest BCUT2D eigenvalue weighted by molar-refractivity contribution is 5.93. The first-order valence-corrected chi connectivity index (χ1v) is 11.6. The molecule has 0 radical (unpaired) electrons. The summed E-state index contributed by atoms with van der Waals surface area (Å²) >= 11 is 0. The van der Waals surface area contributed by atoms with Gasteiger partial charge in [0.15, 0.2) is 0 Å². The van der Waals surface area contributed by atoms with Crippen molar-refractivity contribution in [3.05, 3.63) is 48.0 Å². The molecule has 4 aliphatic rings. The molecule has 160 valence electrons. The van der Waals surface area contributed by atoms with Gasteiger partial charge in [0, 0.05) is 18.9 Å². The van der Waals surface area contributed by atoms with Crippen molar-refractivity contribution in [2.75, 3.05) is 12.3 Å². The second-order valence-electron chi connectivity index (χ2n) is 10.7. The molecular formula is C24H28N6O. The van der Waals surface area contributed by atoms with Gasteiger partial charge in [-0.3, -0.25) is 13.9 Å². The Bertz CT molecular complexity index is 1210. The van der Waals surface area contributed by atoms with Gasteiger partial charge in [-0.25, -0.2) is 4.98 Å². The Kier molecular flexibility index (Phi) is 3.39. The summed E-state index contributed by atoms with van der Waals surface area (Å²) in [6.45, 7) is 1.34. The fourth-order valence-electron chi connectivity index (χ4n) is 8.06. The summed E-state index contributed by atoms with van der Waals surface area (Å²) in [7, 11) is 0. The van der Waals surface area contributed by atoms with Crippen LogP contribution in [0.3, 0.4) is 0 Å². The monoisotopic (exact) mass is 416 g/mol. The Morgan fingerprint density at radius 2 is 2.13 bits per heavy atom. The Labute approximate surface area is 181 Å². The molecule has 3 aromatic rings. The van der Waals surface area contributed by atoms with E-state index >= 15 is 0 Å². The number of carbonyl (C=O) groups is 1. The molecule has 5 atom stereocenters. The summed E-state index contributed by atoms with van der Waals surface area (Å²) in [4.78, 5) is 17.9. The highest BCUT2D eigenvalue weighted by Crippen LogP contribution is 2.78. The molecule has 0 aliphatic heterocycles. The van der Waals surface area contributed by atoms with Gasteiger partial charge in [-0.05, 0) is 85.3 Å². The lowest BCUT2D eigenvalue weighted by molar-refractivity contribution is -0.00254. The van der Waals surface area contributed by atoms with Crippen LogP contribution in [-0.4, -0.2) is 31.6 Å². The zero-order valence-corrected chi connectivity index (χ0v) is 17.6. The number of nitrogens with zero attached hydrogens (tertiary/aromatic N) is 4. The van der Waals surface area contributed by atoms with E-state index in [-0.39, 0.29) is 5.91 Å². The van der Waals surface area contributed by atoms with Crippen LogP contribution in [-0.2, 0) is 6.54 Å². The van der Waals surface area contributed by atoms with E-state index in [4.69, 9.17) is 5.73 Å². The number of nitrogens with one attached hydrogen (secondary N) is 1. The number of aromatic nitrogens is 4. The van der Waals surface area contributed by atoms with Gasteiger partial charge in [0.05, 0.1) is 12.2 Å². The molecular weight excluding hydrogens is 388 g/mol. The molecule has 4 saturated carbocycles. The predicted octanol–water partition coefficient (Wildman–Crippen LogP) is 3.11. The minimum absolute atomic E-state index is 0.00141. The highest BCUT2D eigenvalue weighted by atomic mass is 16.1. The number of fused-ring (bicyclic) bond motifs is 3. The molecule has 0 saturated heterocycles. The van der Waals surface area contributed by atoms with Crippen LogP contribution in [0.4, 0.5) is 5.82 Å². The summed E-state index contributed by atoms with van der Waals surface area (Å²) in [5.74, 6) is 3.31. The Morgan fingerprint density at radius 1 is 1.19 bits per heavy atom. The molecule has 3 N–H and O–H groups in total. The smallest absolute Gasteiger partial charge is 0.268 e. The molecule has 3 bridgehead atoms. The first-order valence-electron chi connectivity index (χ1n) is 11.6. The summed E-state index contributed by atoms with van der Waals surface area (Å²) in [5.41, 5.74) is 8.97. The predicted molar refractivity (Wildman–Crippen MR) is 116 cm³/mol. The van der Waals surface area contributed by atoms with Crippen molar-refractivity contribution in [2.24, 2.45) is 28.6 Å². The third-order valence-electron chi connectivity index (χ3n) is 8.97. The van der Waals surface area contributed by atoms with Crippen LogP contribution in [0.15, 0.2) is 36.7 Å². The number of pyridine rings is 1. The molecule has 3 heterocycles. The second-order valence-corrected chi connectivity index (χ2v) is 10.7. The fraction of sp³-hybridized carbons (Fsp3) is 0.542. The summed E-state index contributed by atoms with van der Waals surface area (Å²) in [5, 5.41) is 7.55. The Balaban J connectivity index is 1.11. The molecule has 1 spiro atoms. The summed E-state index contributed by atoms with van der Waals surface area (Å²) in [6, 6.07) is 7.49. The lowest BCUT2D eigenvalue weighted by Crippen LogP contribution is -2.43. The van der Waals surface area contributed by atoms with E-state index in [1.165, 1.54) is 38.5 Å². The second kappa shape index (κ2) is 5.90.